The van der Waals surface area contributed by atoms with Crippen molar-refractivity contribution in [3.8, 4) is 0 Å². The second-order valence-corrected chi connectivity index (χ2v) is 5.94. The Kier molecular flexibility index (Phi) is 16.9. The summed E-state index contributed by atoms with van der Waals surface area (Å²) in [5, 5.41) is 3.10. The molecule has 0 unspecified atom stereocenters. The van der Waals surface area contributed by atoms with Crippen molar-refractivity contribution < 1.29 is 0 Å². The normalized spacial score (nSPS) is 15.8. The van der Waals surface area contributed by atoms with E-state index in [2.05, 4.69) is 26.1 Å². The Morgan fingerprint density at radius 3 is 2.11 bits per heavy atom. The first kappa shape index (κ1) is 20.3. The second kappa shape index (κ2) is 15.0. The van der Waals surface area contributed by atoms with E-state index in [0.29, 0.717) is 0 Å². The molecule has 1 rings (SSSR count). The fourth-order valence-corrected chi connectivity index (χ4v) is 2.64. The van der Waals surface area contributed by atoms with Crippen LogP contribution in [-0.2, 0) is 0 Å². The van der Waals surface area contributed by atoms with Crippen LogP contribution in [0.2, 0.25) is 0 Å². The molecule has 0 bridgehead atoms. The van der Waals surface area contributed by atoms with Crippen LogP contribution < -0.4 is 5.32 Å². The lowest BCUT2D eigenvalue weighted by Gasteiger charge is -2.22. The lowest BCUT2D eigenvalue weighted by Crippen LogP contribution is -2.08. The standard InChI is InChI=1S/C10H20.C6H15N.CH4/c1-9(2)8-10-6-4-3-5-7-10;1-3-4-5-6-7-2;/h9-10H,3-8H2,1-2H3;7H,3-6H2,1-2H3;1H4. The van der Waals surface area contributed by atoms with Gasteiger partial charge in [0.05, 0.1) is 0 Å². The molecule has 1 fully saturated rings. The van der Waals surface area contributed by atoms with Gasteiger partial charge in [0.2, 0.25) is 0 Å². The van der Waals surface area contributed by atoms with Crippen LogP contribution in [0.1, 0.15) is 86.0 Å². The molecule has 1 nitrogen and oxygen atoms in total. The summed E-state index contributed by atoms with van der Waals surface area (Å²) in [6.45, 7) is 8.08. The van der Waals surface area contributed by atoms with Gasteiger partial charge in [0, 0.05) is 0 Å². The fourth-order valence-electron chi connectivity index (χ4n) is 2.64. The highest BCUT2D eigenvalue weighted by Gasteiger charge is 2.13. The SMILES string of the molecule is C.CC(C)CC1CCCCC1.CCCCCNC. The van der Waals surface area contributed by atoms with Gasteiger partial charge in [-0.1, -0.05) is 73.1 Å². The summed E-state index contributed by atoms with van der Waals surface area (Å²) in [5.74, 6) is 2.00. The van der Waals surface area contributed by atoms with Crippen LogP contribution in [0.25, 0.3) is 0 Å². The van der Waals surface area contributed by atoms with Crippen LogP contribution in [0.5, 0.6) is 0 Å². The molecule has 0 saturated heterocycles. The molecule has 1 heteroatoms. The van der Waals surface area contributed by atoms with Crippen LogP contribution in [0, 0.1) is 11.8 Å². The van der Waals surface area contributed by atoms with Crippen LogP contribution in [0.3, 0.4) is 0 Å². The van der Waals surface area contributed by atoms with Crippen molar-refractivity contribution in [1.29, 1.82) is 0 Å². The van der Waals surface area contributed by atoms with Gasteiger partial charge in [0.1, 0.15) is 0 Å². The molecule has 0 amide bonds. The zero-order valence-corrected chi connectivity index (χ0v) is 12.7. The third-order valence-electron chi connectivity index (χ3n) is 3.56. The van der Waals surface area contributed by atoms with E-state index in [1.54, 1.807) is 0 Å². The predicted molar refractivity (Wildman–Crippen MR) is 86.2 cm³/mol. The molecule has 0 atom stereocenters. The van der Waals surface area contributed by atoms with Gasteiger partial charge in [0.25, 0.3) is 0 Å². The number of hydrogen-bond donors (Lipinski definition) is 1. The molecule has 0 aliphatic heterocycles. The van der Waals surface area contributed by atoms with E-state index in [9.17, 15) is 0 Å². The van der Waals surface area contributed by atoms with Gasteiger partial charge >= 0.3 is 0 Å². The number of unbranched alkanes of at least 4 members (excludes halogenated alkanes) is 2. The minimum atomic E-state index is 0. The third kappa shape index (κ3) is 14.0. The summed E-state index contributed by atoms with van der Waals surface area (Å²) in [6, 6.07) is 0. The largest absolute Gasteiger partial charge is 0.320 e. The predicted octanol–water partition coefficient (Wildman–Crippen LogP) is 5.64. The summed E-state index contributed by atoms with van der Waals surface area (Å²) in [6.07, 6.45) is 13.0. The van der Waals surface area contributed by atoms with E-state index in [1.165, 1.54) is 64.3 Å². The van der Waals surface area contributed by atoms with Gasteiger partial charge in [0.15, 0.2) is 0 Å². The first-order valence-electron chi connectivity index (χ1n) is 7.85. The molecule has 0 aromatic heterocycles. The topological polar surface area (TPSA) is 12.0 Å². The summed E-state index contributed by atoms with van der Waals surface area (Å²) < 4.78 is 0. The quantitative estimate of drug-likeness (QED) is 0.607. The molecule has 1 aliphatic carbocycles. The monoisotopic (exact) mass is 257 g/mol. The van der Waals surface area contributed by atoms with Crippen LogP contribution >= 0.6 is 0 Å². The first-order valence-corrected chi connectivity index (χ1v) is 7.85. The number of rotatable bonds is 6. The van der Waals surface area contributed by atoms with Crippen LogP contribution in [-0.4, -0.2) is 13.6 Å². The van der Waals surface area contributed by atoms with Crippen LogP contribution in [0.15, 0.2) is 0 Å². The van der Waals surface area contributed by atoms with Crippen molar-refractivity contribution in [1.82, 2.24) is 5.32 Å². The molecule has 0 spiro atoms. The Morgan fingerprint density at radius 2 is 1.67 bits per heavy atom. The minimum absolute atomic E-state index is 0. The molecule has 0 radical (unpaired) electrons. The summed E-state index contributed by atoms with van der Waals surface area (Å²) in [7, 11) is 2.00. The van der Waals surface area contributed by atoms with Gasteiger partial charge in [-0.05, 0) is 38.3 Å². The molecular formula is C17H39N. The van der Waals surface area contributed by atoms with Gasteiger partial charge in [-0.25, -0.2) is 0 Å². The second-order valence-electron chi connectivity index (χ2n) is 5.94. The van der Waals surface area contributed by atoms with E-state index in [0.717, 1.165) is 11.8 Å². The first-order chi connectivity index (χ1) is 8.20. The van der Waals surface area contributed by atoms with Gasteiger partial charge in [-0.2, -0.15) is 0 Å². The molecule has 0 aromatic carbocycles. The maximum absolute atomic E-state index is 3.10. The van der Waals surface area contributed by atoms with E-state index >= 15 is 0 Å². The Morgan fingerprint density at radius 1 is 1.06 bits per heavy atom. The fraction of sp³-hybridized carbons (Fsp3) is 1.00. The number of nitrogens with one attached hydrogen (secondary N) is 1. The Balaban J connectivity index is 0. The van der Waals surface area contributed by atoms with Crippen molar-refractivity contribution in [3.05, 3.63) is 0 Å². The average molecular weight is 258 g/mol. The minimum Gasteiger partial charge on any atom is -0.320 e. The smallest absolute Gasteiger partial charge is 0.00519 e. The Labute approximate surface area is 117 Å². The highest BCUT2D eigenvalue weighted by atomic mass is 14.8. The van der Waals surface area contributed by atoms with Gasteiger partial charge < -0.3 is 5.32 Å². The van der Waals surface area contributed by atoms with Crippen molar-refractivity contribution >= 4 is 0 Å². The Bertz CT molecular complexity index is 133. The van der Waals surface area contributed by atoms with E-state index < -0.39 is 0 Å². The molecule has 0 aromatic rings. The highest BCUT2D eigenvalue weighted by molar-refractivity contribution is 4.66. The zero-order valence-electron chi connectivity index (χ0n) is 12.7. The molecule has 1 N–H and O–H groups in total. The molecular weight excluding hydrogens is 218 g/mol. The summed E-state index contributed by atoms with van der Waals surface area (Å²) in [5.41, 5.74) is 0. The molecule has 112 valence electrons. The van der Waals surface area contributed by atoms with Crippen LogP contribution in [0.4, 0.5) is 0 Å². The van der Waals surface area contributed by atoms with Crippen molar-refractivity contribution in [2.75, 3.05) is 13.6 Å². The van der Waals surface area contributed by atoms with E-state index in [1.807, 2.05) is 7.05 Å². The van der Waals surface area contributed by atoms with Gasteiger partial charge in [-0.15, -0.1) is 0 Å². The van der Waals surface area contributed by atoms with E-state index in [4.69, 9.17) is 0 Å². The lowest BCUT2D eigenvalue weighted by atomic mass is 9.84. The zero-order chi connectivity index (χ0) is 12.9. The maximum atomic E-state index is 3.10. The average Bonchev–Trinajstić information content (AvgIpc) is 2.31. The molecule has 0 heterocycles. The molecule has 1 aliphatic rings. The van der Waals surface area contributed by atoms with E-state index in [-0.39, 0.29) is 7.43 Å². The molecule has 1 saturated carbocycles. The van der Waals surface area contributed by atoms with Crippen molar-refractivity contribution in [3.63, 3.8) is 0 Å². The molecule has 18 heavy (non-hydrogen) atoms. The third-order valence-corrected chi connectivity index (χ3v) is 3.56. The van der Waals surface area contributed by atoms with Gasteiger partial charge in [-0.3, -0.25) is 0 Å². The van der Waals surface area contributed by atoms with Crippen molar-refractivity contribution in [2.24, 2.45) is 11.8 Å². The summed E-state index contributed by atoms with van der Waals surface area (Å²) >= 11 is 0. The lowest BCUT2D eigenvalue weighted by molar-refractivity contribution is 0.305. The highest BCUT2D eigenvalue weighted by Crippen LogP contribution is 2.28. The Hall–Kier alpha value is -0.0400. The maximum Gasteiger partial charge on any atom is -0.00519 e. The summed E-state index contributed by atoms with van der Waals surface area (Å²) in [4.78, 5) is 0. The van der Waals surface area contributed by atoms with Crippen molar-refractivity contribution in [2.45, 2.75) is 86.0 Å². The number of hydrogen-bond acceptors (Lipinski definition) is 1.